The molecule has 0 saturated carbocycles. The van der Waals surface area contributed by atoms with Crippen LogP contribution in [0.1, 0.15) is 19.4 Å². The van der Waals surface area contributed by atoms with Crippen LogP contribution in [0.15, 0.2) is 30.3 Å². The van der Waals surface area contributed by atoms with E-state index in [1.54, 1.807) is 0 Å². The minimum absolute atomic E-state index is 0.188. The fraction of sp³-hybridized carbons (Fsp3) is 0.533. The normalized spacial score (nSPS) is 10.7. The van der Waals surface area contributed by atoms with Crippen molar-refractivity contribution in [2.45, 2.75) is 20.3 Å². The highest BCUT2D eigenvalue weighted by molar-refractivity contribution is 5.78. The van der Waals surface area contributed by atoms with Crippen molar-refractivity contribution in [3.63, 3.8) is 0 Å². The van der Waals surface area contributed by atoms with Gasteiger partial charge in [0.25, 0.3) is 0 Å². The van der Waals surface area contributed by atoms with Crippen LogP contribution >= 0.6 is 0 Å². The molecule has 1 rings (SSSR count). The lowest BCUT2D eigenvalue weighted by Gasteiger charge is -2.23. The van der Waals surface area contributed by atoms with Gasteiger partial charge in [0.05, 0.1) is 6.42 Å². The molecule has 0 N–H and O–H groups in total. The molecule has 0 radical (unpaired) electrons. The van der Waals surface area contributed by atoms with Crippen LogP contribution in [0.4, 0.5) is 0 Å². The van der Waals surface area contributed by atoms with Crippen molar-refractivity contribution in [1.29, 1.82) is 0 Å². The van der Waals surface area contributed by atoms with Crippen molar-refractivity contribution in [2.24, 2.45) is 0 Å². The Kier molecular flexibility index (Phi) is 6.44. The summed E-state index contributed by atoms with van der Waals surface area (Å²) in [6.45, 7) is 8.12. The molecule has 0 aliphatic carbocycles. The molecule has 0 bridgehead atoms. The number of rotatable bonds is 7. The fourth-order valence-corrected chi connectivity index (χ4v) is 1.86. The Hall–Kier alpha value is -1.35. The molecule has 0 spiro atoms. The molecule has 0 aliphatic heterocycles. The molecule has 0 atom stereocenters. The zero-order chi connectivity index (χ0) is 13.4. The number of carbonyl (C=O) groups excluding carboxylic acids is 1. The summed E-state index contributed by atoms with van der Waals surface area (Å²) in [5.74, 6) is 0.188. The lowest BCUT2D eigenvalue weighted by Crippen LogP contribution is -2.36. The van der Waals surface area contributed by atoms with Crippen LogP contribution < -0.4 is 0 Å². The van der Waals surface area contributed by atoms with Crippen molar-refractivity contribution in [3.8, 4) is 0 Å². The van der Waals surface area contributed by atoms with Crippen LogP contribution in [0.5, 0.6) is 0 Å². The number of hydrogen-bond acceptors (Lipinski definition) is 2. The van der Waals surface area contributed by atoms with Gasteiger partial charge in [0.1, 0.15) is 0 Å². The SMILES string of the molecule is CCN(CC)CCN(C)C(=O)Cc1ccccc1. The first-order valence-corrected chi connectivity index (χ1v) is 6.67. The largest absolute Gasteiger partial charge is 0.344 e. The summed E-state index contributed by atoms with van der Waals surface area (Å²) in [4.78, 5) is 16.2. The zero-order valence-electron chi connectivity index (χ0n) is 11.7. The van der Waals surface area contributed by atoms with E-state index in [4.69, 9.17) is 0 Å². The van der Waals surface area contributed by atoms with Crippen LogP contribution in [0.25, 0.3) is 0 Å². The Morgan fingerprint density at radius 2 is 1.67 bits per heavy atom. The van der Waals surface area contributed by atoms with Gasteiger partial charge in [-0.1, -0.05) is 44.2 Å². The predicted octanol–water partition coefficient (Wildman–Crippen LogP) is 2.03. The molecule has 3 nitrogen and oxygen atoms in total. The molecule has 0 heterocycles. The number of amides is 1. The quantitative estimate of drug-likeness (QED) is 0.737. The first kappa shape index (κ1) is 14.7. The van der Waals surface area contributed by atoms with Crippen molar-refractivity contribution >= 4 is 5.91 Å². The molecule has 3 heteroatoms. The van der Waals surface area contributed by atoms with Gasteiger partial charge in [-0.3, -0.25) is 4.79 Å². The monoisotopic (exact) mass is 248 g/mol. The van der Waals surface area contributed by atoms with Crippen LogP contribution in [-0.4, -0.2) is 48.9 Å². The summed E-state index contributed by atoms with van der Waals surface area (Å²) < 4.78 is 0. The first-order chi connectivity index (χ1) is 8.67. The summed E-state index contributed by atoms with van der Waals surface area (Å²) in [7, 11) is 1.88. The van der Waals surface area contributed by atoms with E-state index in [0.717, 1.165) is 31.7 Å². The van der Waals surface area contributed by atoms with Gasteiger partial charge in [-0.05, 0) is 18.7 Å². The van der Waals surface area contributed by atoms with E-state index in [0.29, 0.717) is 6.42 Å². The lowest BCUT2D eigenvalue weighted by atomic mass is 10.1. The molecule has 0 saturated heterocycles. The van der Waals surface area contributed by atoms with E-state index in [2.05, 4.69) is 18.7 Å². The third-order valence-electron chi connectivity index (χ3n) is 3.27. The maximum atomic E-state index is 12.0. The maximum Gasteiger partial charge on any atom is 0.226 e. The minimum atomic E-state index is 0.188. The maximum absolute atomic E-state index is 12.0. The van der Waals surface area contributed by atoms with Crippen LogP contribution in [0.2, 0.25) is 0 Å². The number of likely N-dealkylation sites (N-methyl/N-ethyl adjacent to an activating group) is 2. The third-order valence-corrected chi connectivity index (χ3v) is 3.27. The van der Waals surface area contributed by atoms with E-state index in [9.17, 15) is 4.79 Å². The van der Waals surface area contributed by atoms with Gasteiger partial charge in [0.2, 0.25) is 5.91 Å². The smallest absolute Gasteiger partial charge is 0.226 e. The van der Waals surface area contributed by atoms with Gasteiger partial charge in [-0.2, -0.15) is 0 Å². The Balaban J connectivity index is 2.37. The van der Waals surface area contributed by atoms with E-state index in [1.165, 1.54) is 0 Å². The van der Waals surface area contributed by atoms with Gasteiger partial charge in [-0.25, -0.2) is 0 Å². The van der Waals surface area contributed by atoms with Gasteiger partial charge in [-0.15, -0.1) is 0 Å². The second kappa shape index (κ2) is 7.88. The van der Waals surface area contributed by atoms with Gasteiger partial charge in [0, 0.05) is 20.1 Å². The standard InChI is InChI=1S/C15H24N2O/c1-4-17(5-2)12-11-16(3)15(18)13-14-9-7-6-8-10-14/h6-10H,4-5,11-13H2,1-3H3. The average Bonchev–Trinajstić information content (AvgIpc) is 2.40. The first-order valence-electron chi connectivity index (χ1n) is 6.67. The summed E-state index contributed by atoms with van der Waals surface area (Å²) in [6, 6.07) is 9.90. The molecule has 0 unspecified atom stereocenters. The zero-order valence-corrected chi connectivity index (χ0v) is 11.7. The van der Waals surface area contributed by atoms with E-state index in [-0.39, 0.29) is 5.91 Å². The van der Waals surface area contributed by atoms with E-state index in [1.807, 2.05) is 42.3 Å². The van der Waals surface area contributed by atoms with Crippen molar-refractivity contribution < 1.29 is 4.79 Å². The average molecular weight is 248 g/mol. The number of nitrogens with zero attached hydrogens (tertiary/aromatic N) is 2. The molecule has 1 aromatic rings. The van der Waals surface area contributed by atoms with Crippen LogP contribution in [0.3, 0.4) is 0 Å². The van der Waals surface area contributed by atoms with Crippen molar-refractivity contribution in [1.82, 2.24) is 9.80 Å². The molecule has 0 aliphatic rings. The second-order valence-electron chi connectivity index (χ2n) is 4.50. The number of benzene rings is 1. The Morgan fingerprint density at radius 1 is 1.06 bits per heavy atom. The Labute approximate surface area is 110 Å². The second-order valence-corrected chi connectivity index (χ2v) is 4.50. The summed E-state index contributed by atoms with van der Waals surface area (Å²) in [6.07, 6.45) is 0.496. The van der Waals surface area contributed by atoms with Gasteiger partial charge >= 0.3 is 0 Å². The van der Waals surface area contributed by atoms with E-state index >= 15 is 0 Å². The summed E-state index contributed by atoms with van der Waals surface area (Å²) in [5.41, 5.74) is 1.08. The summed E-state index contributed by atoms with van der Waals surface area (Å²) in [5, 5.41) is 0. The summed E-state index contributed by atoms with van der Waals surface area (Å²) >= 11 is 0. The lowest BCUT2D eigenvalue weighted by molar-refractivity contribution is -0.129. The van der Waals surface area contributed by atoms with Crippen molar-refractivity contribution in [2.75, 3.05) is 33.2 Å². The molecule has 0 aromatic heterocycles. The molecule has 1 aromatic carbocycles. The molecule has 0 fully saturated rings. The Bertz CT molecular complexity index is 347. The Morgan fingerprint density at radius 3 is 2.22 bits per heavy atom. The highest BCUT2D eigenvalue weighted by Crippen LogP contribution is 2.02. The number of carbonyl (C=O) groups is 1. The number of hydrogen-bond donors (Lipinski definition) is 0. The molecular formula is C15H24N2O. The molecule has 100 valence electrons. The predicted molar refractivity (Wildman–Crippen MR) is 75.6 cm³/mol. The topological polar surface area (TPSA) is 23.6 Å². The molecular weight excluding hydrogens is 224 g/mol. The van der Waals surface area contributed by atoms with Crippen LogP contribution in [0, 0.1) is 0 Å². The van der Waals surface area contributed by atoms with E-state index < -0.39 is 0 Å². The van der Waals surface area contributed by atoms with Crippen molar-refractivity contribution in [3.05, 3.63) is 35.9 Å². The fourth-order valence-electron chi connectivity index (χ4n) is 1.86. The van der Waals surface area contributed by atoms with Gasteiger partial charge in [0.15, 0.2) is 0 Å². The molecule has 1 amide bonds. The van der Waals surface area contributed by atoms with Crippen LogP contribution in [-0.2, 0) is 11.2 Å². The third kappa shape index (κ3) is 4.88. The highest BCUT2D eigenvalue weighted by atomic mass is 16.2. The molecule has 18 heavy (non-hydrogen) atoms. The van der Waals surface area contributed by atoms with Gasteiger partial charge < -0.3 is 9.80 Å². The minimum Gasteiger partial charge on any atom is -0.344 e. The highest BCUT2D eigenvalue weighted by Gasteiger charge is 2.10.